The first kappa shape index (κ1) is 46.0. The Balaban J connectivity index is 1.54. The molecule has 2 aliphatic rings. The number of sulfonamides is 2. The average Bonchev–Trinajstić information content (AvgIpc) is 3.67. The highest BCUT2D eigenvalue weighted by Crippen LogP contribution is 2.37. The van der Waals surface area contributed by atoms with Crippen molar-refractivity contribution in [3.8, 4) is 30.3 Å². The van der Waals surface area contributed by atoms with Gasteiger partial charge in [0.25, 0.3) is 5.70 Å². The van der Waals surface area contributed by atoms with Gasteiger partial charge < -0.3 is 9.80 Å². The third kappa shape index (κ3) is 12.2. The Hall–Kier alpha value is -8.12. The summed E-state index contributed by atoms with van der Waals surface area (Å²) in [6.45, 7) is 10.5. The van der Waals surface area contributed by atoms with E-state index in [-0.39, 0.29) is 39.4 Å². The molecule has 0 bridgehead atoms. The zero-order valence-corrected chi connectivity index (χ0v) is 35.9. The monoisotopic (exact) mass is 872 g/mol. The van der Waals surface area contributed by atoms with Crippen LogP contribution in [0.4, 0.5) is 17.1 Å². The largest absolute Gasteiger partial charge is 0.368 e. The van der Waals surface area contributed by atoms with Crippen LogP contribution in [-0.2, 0) is 20.0 Å². The summed E-state index contributed by atoms with van der Waals surface area (Å²) in [5.41, 5.74) is 5.49. The summed E-state index contributed by atoms with van der Waals surface area (Å²) in [7, 11) is -7.10. The second-order valence-corrected chi connectivity index (χ2v) is 17.8. The van der Waals surface area contributed by atoms with E-state index in [0.29, 0.717) is 37.1 Å². The van der Waals surface area contributed by atoms with Crippen LogP contribution in [0.5, 0.6) is 0 Å². The molecule has 1 fully saturated rings. The maximum Gasteiger partial charge on any atom is 0.270 e. The van der Waals surface area contributed by atoms with Crippen molar-refractivity contribution in [3.63, 3.8) is 0 Å². The summed E-state index contributed by atoms with van der Waals surface area (Å²) in [5, 5.41) is 50.2. The summed E-state index contributed by atoms with van der Waals surface area (Å²) in [4.78, 5) is 7.98. The van der Waals surface area contributed by atoms with E-state index in [2.05, 4.69) is 48.4 Å². The molecule has 1 saturated heterocycles. The van der Waals surface area contributed by atoms with Crippen LogP contribution in [0.25, 0.3) is 16.0 Å². The minimum atomic E-state index is -3.55. The summed E-state index contributed by atoms with van der Waals surface area (Å²) in [5.74, 6) is -1.29. The van der Waals surface area contributed by atoms with Crippen LogP contribution in [0.1, 0.15) is 24.0 Å². The Bertz CT molecular complexity index is 2920. The van der Waals surface area contributed by atoms with Crippen LogP contribution in [0, 0.1) is 69.1 Å². The molecule has 0 atom stereocenters. The standard InChI is InChI=1S/C47H40N10O4S2/c1-53-44(33-52)46(35-19-23-42(24-20-35)55-63(3,60)61)39(30-49)12-8-10-37-16-15-36(47(37)57-27-25-56(26-28-57)43-13-5-4-6-14-43)9-7-11-38(29-48)45(40(31-50)32-51)34-17-21-41(22-18-34)54-62(2,58)59/h4-14,17-24,40,54-55H,15-16,25-28H2,2-3H3/b10-8+,11-7+,36-9+,39-12+,45-38-,46-44+. The van der Waals surface area contributed by atoms with Gasteiger partial charge in [0.1, 0.15) is 0 Å². The van der Waals surface area contributed by atoms with Crippen molar-refractivity contribution in [3.05, 3.63) is 172 Å². The SMILES string of the molecule is [C-]#[N+]/C(C#N)=C(/C(C#N)=C/C=C/C1=C(N2CCN(c3ccccc3)CC2)C(=C/C=C/C(C#N)=C(\c2ccc(NS(C)(=O)=O)cc2)C(C#N)C#N)/CC1)c1ccc(NS(C)(=O)=O)cc1. The third-order valence-electron chi connectivity index (χ3n) is 9.89. The van der Waals surface area contributed by atoms with Gasteiger partial charge in [-0.05, 0) is 83.7 Å². The maximum atomic E-state index is 11.7. The molecule has 2 N–H and O–H groups in total. The van der Waals surface area contributed by atoms with Gasteiger partial charge in [-0.25, -0.2) is 26.9 Å². The topological polar surface area (TPSA) is 222 Å². The molecule has 1 aliphatic heterocycles. The number of allylic oxidation sites excluding steroid dienone is 13. The highest BCUT2D eigenvalue weighted by molar-refractivity contribution is 7.92. The fraction of sp³-hybridized carbons (Fsp3) is 0.191. The number of para-hydroxylation sites is 1. The van der Waals surface area contributed by atoms with Gasteiger partial charge in [-0.15, -0.1) is 0 Å². The summed E-state index contributed by atoms with van der Waals surface area (Å²) in [6, 6.07) is 32.2. The van der Waals surface area contributed by atoms with E-state index in [1.54, 1.807) is 30.4 Å². The van der Waals surface area contributed by atoms with Gasteiger partial charge >= 0.3 is 0 Å². The normalized spacial score (nSPS) is 16.1. The molecule has 1 aliphatic carbocycles. The second-order valence-electron chi connectivity index (χ2n) is 14.3. The molecule has 3 aromatic rings. The molecule has 3 aromatic carbocycles. The molecule has 0 amide bonds. The predicted molar refractivity (Wildman–Crippen MR) is 243 cm³/mol. The van der Waals surface area contributed by atoms with Crippen molar-refractivity contribution < 1.29 is 16.8 Å². The third-order valence-corrected chi connectivity index (χ3v) is 11.1. The Morgan fingerprint density at radius 2 is 1.30 bits per heavy atom. The number of piperazine rings is 1. The highest BCUT2D eigenvalue weighted by Gasteiger charge is 2.27. The highest BCUT2D eigenvalue weighted by atomic mass is 32.2. The van der Waals surface area contributed by atoms with Gasteiger partial charge in [0.05, 0.1) is 60.6 Å². The first-order chi connectivity index (χ1) is 30.2. The quantitative estimate of drug-likeness (QED) is 0.0913. The Morgan fingerprint density at radius 3 is 1.81 bits per heavy atom. The van der Waals surface area contributed by atoms with E-state index in [4.69, 9.17) is 6.57 Å². The lowest BCUT2D eigenvalue weighted by molar-refractivity contribution is 0.326. The van der Waals surface area contributed by atoms with Crippen LogP contribution in [0.3, 0.4) is 0 Å². The minimum Gasteiger partial charge on any atom is -0.368 e. The van der Waals surface area contributed by atoms with Crippen molar-refractivity contribution in [2.75, 3.05) is 53.0 Å². The molecule has 0 aromatic heterocycles. The molecule has 0 saturated carbocycles. The molecule has 0 spiro atoms. The lowest BCUT2D eigenvalue weighted by Crippen LogP contribution is -2.46. The van der Waals surface area contributed by atoms with E-state index in [1.165, 1.54) is 42.5 Å². The number of anilines is 3. The fourth-order valence-electron chi connectivity index (χ4n) is 7.20. The number of hydrogen-bond donors (Lipinski definition) is 2. The summed E-state index contributed by atoms with van der Waals surface area (Å²) < 4.78 is 51.7. The first-order valence-electron chi connectivity index (χ1n) is 19.3. The van der Waals surface area contributed by atoms with Crippen molar-refractivity contribution in [2.45, 2.75) is 12.8 Å². The van der Waals surface area contributed by atoms with Crippen molar-refractivity contribution in [2.24, 2.45) is 5.92 Å². The Labute approximate surface area is 368 Å². The number of nitrogens with one attached hydrogen (secondary N) is 2. The lowest BCUT2D eigenvalue weighted by atomic mass is 9.90. The fourth-order valence-corrected chi connectivity index (χ4v) is 8.33. The molecule has 0 radical (unpaired) electrons. The number of nitriles is 5. The summed E-state index contributed by atoms with van der Waals surface area (Å²) in [6.07, 6.45) is 13.6. The predicted octanol–water partition coefficient (Wildman–Crippen LogP) is 7.58. The zero-order valence-electron chi connectivity index (χ0n) is 34.3. The van der Waals surface area contributed by atoms with E-state index < -0.39 is 26.0 Å². The van der Waals surface area contributed by atoms with Crippen molar-refractivity contribution in [1.29, 1.82) is 26.3 Å². The van der Waals surface area contributed by atoms with Crippen molar-refractivity contribution in [1.82, 2.24) is 4.90 Å². The molecular weight excluding hydrogens is 833 g/mol. The van der Waals surface area contributed by atoms with E-state index in [9.17, 15) is 43.1 Å². The van der Waals surface area contributed by atoms with Gasteiger partial charge in [-0.1, -0.05) is 66.8 Å². The molecule has 16 heteroatoms. The van der Waals surface area contributed by atoms with E-state index in [0.717, 1.165) is 48.1 Å². The van der Waals surface area contributed by atoms with Crippen LogP contribution in [0.15, 0.2) is 149 Å². The Morgan fingerprint density at radius 1 is 0.730 bits per heavy atom. The number of benzene rings is 3. The molecule has 0 unspecified atom stereocenters. The zero-order chi connectivity index (χ0) is 45.6. The molecule has 63 heavy (non-hydrogen) atoms. The van der Waals surface area contributed by atoms with Crippen molar-refractivity contribution >= 4 is 48.3 Å². The molecule has 314 valence electrons. The van der Waals surface area contributed by atoms with Crippen LogP contribution < -0.4 is 14.3 Å². The second kappa shape index (κ2) is 20.9. The lowest BCUT2D eigenvalue weighted by Gasteiger charge is -2.38. The van der Waals surface area contributed by atoms with Crippen LogP contribution >= 0.6 is 0 Å². The molecule has 1 heterocycles. The van der Waals surface area contributed by atoms with Crippen LogP contribution in [-0.4, -0.2) is 60.4 Å². The first-order valence-corrected chi connectivity index (χ1v) is 23.1. The maximum absolute atomic E-state index is 11.7. The summed E-state index contributed by atoms with van der Waals surface area (Å²) >= 11 is 0. The number of hydrogen-bond acceptors (Lipinski definition) is 11. The van der Waals surface area contributed by atoms with Crippen LogP contribution in [0.2, 0.25) is 0 Å². The van der Waals surface area contributed by atoms with Gasteiger partial charge in [-0.3, -0.25) is 9.44 Å². The minimum absolute atomic E-state index is 0.0545. The van der Waals surface area contributed by atoms with Gasteiger partial charge in [0.15, 0.2) is 5.92 Å². The van der Waals surface area contributed by atoms with E-state index in [1.807, 2.05) is 48.6 Å². The molecule has 5 rings (SSSR count). The number of nitrogens with zero attached hydrogens (tertiary/aromatic N) is 8. The van der Waals surface area contributed by atoms with Gasteiger partial charge in [0, 0.05) is 60.1 Å². The number of rotatable bonds is 14. The average molecular weight is 873 g/mol. The smallest absolute Gasteiger partial charge is 0.270 e. The van der Waals surface area contributed by atoms with E-state index >= 15 is 0 Å². The molecule has 14 nitrogen and oxygen atoms in total. The van der Waals surface area contributed by atoms with Gasteiger partial charge in [0.2, 0.25) is 20.0 Å². The Kier molecular flexibility index (Phi) is 15.3. The molecular formula is C47H40N10O4S2. The van der Waals surface area contributed by atoms with Gasteiger partial charge in [-0.2, -0.15) is 21.0 Å².